The number of benzene rings is 1. The van der Waals surface area contributed by atoms with Crippen molar-refractivity contribution in [1.82, 2.24) is 4.98 Å². The number of rotatable bonds is 2. The molecular weight excluding hydrogens is 207 g/mol. The third kappa shape index (κ3) is 2.34. The van der Waals surface area contributed by atoms with E-state index < -0.39 is 0 Å². The Labute approximate surface area is 91.7 Å². The standard InChI is InChI=1S/C12H7FN2O/c13-9-2-1-3-11(6-9)16-12-5-4-10(7-14)15-8-12/h1-6,8H. The molecule has 4 heteroatoms. The molecule has 78 valence electrons. The molecule has 0 spiro atoms. The number of nitrogens with zero attached hydrogens (tertiary/aromatic N) is 2. The van der Waals surface area contributed by atoms with Gasteiger partial charge in [0.2, 0.25) is 0 Å². The Morgan fingerprint density at radius 2 is 2.06 bits per heavy atom. The molecule has 0 aliphatic heterocycles. The Morgan fingerprint density at radius 1 is 1.19 bits per heavy atom. The van der Waals surface area contributed by atoms with Gasteiger partial charge in [-0.3, -0.25) is 0 Å². The van der Waals surface area contributed by atoms with E-state index in [0.717, 1.165) is 0 Å². The molecule has 0 radical (unpaired) electrons. The van der Waals surface area contributed by atoms with Crippen LogP contribution in [0.15, 0.2) is 42.6 Å². The van der Waals surface area contributed by atoms with Crippen LogP contribution in [0.5, 0.6) is 11.5 Å². The van der Waals surface area contributed by atoms with Crippen LogP contribution in [0.4, 0.5) is 4.39 Å². The SMILES string of the molecule is N#Cc1ccc(Oc2cccc(F)c2)cn1. The molecule has 0 fully saturated rings. The van der Waals surface area contributed by atoms with Crippen LogP contribution in [-0.4, -0.2) is 4.98 Å². The van der Waals surface area contributed by atoms with Gasteiger partial charge in [0.15, 0.2) is 0 Å². The zero-order chi connectivity index (χ0) is 11.4. The number of hydrogen-bond donors (Lipinski definition) is 0. The summed E-state index contributed by atoms with van der Waals surface area (Å²) in [6.45, 7) is 0. The van der Waals surface area contributed by atoms with Crippen LogP contribution >= 0.6 is 0 Å². The van der Waals surface area contributed by atoms with E-state index in [2.05, 4.69) is 4.98 Å². The highest BCUT2D eigenvalue weighted by atomic mass is 19.1. The van der Waals surface area contributed by atoms with Crippen molar-refractivity contribution in [3.63, 3.8) is 0 Å². The summed E-state index contributed by atoms with van der Waals surface area (Å²) < 4.78 is 18.2. The summed E-state index contributed by atoms with van der Waals surface area (Å²) in [5.41, 5.74) is 0.312. The summed E-state index contributed by atoms with van der Waals surface area (Å²) in [7, 11) is 0. The number of pyridine rings is 1. The van der Waals surface area contributed by atoms with E-state index in [4.69, 9.17) is 10.00 Å². The molecule has 1 aromatic carbocycles. The van der Waals surface area contributed by atoms with Crippen molar-refractivity contribution in [2.75, 3.05) is 0 Å². The number of nitriles is 1. The molecule has 0 amide bonds. The molecule has 3 nitrogen and oxygen atoms in total. The van der Waals surface area contributed by atoms with Crippen LogP contribution in [-0.2, 0) is 0 Å². The van der Waals surface area contributed by atoms with E-state index in [-0.39, 0.29) is 5.82 Å². The smallest absolute Gasteiger partial charge is 0.145 e. The van der Waals surface area contributed by atoms with E-state index in [0.29, 0.717) is 17.2 Å². The van der Waals surface area contributed by atoms with E-state index in [1.54, 1.807) is 18.2 Å². The molecule has 16 heavy (non-hydrogen) atoms. The second kappa shape index (κ2) is 4.41. The lowest BCUT2D eigenvalue weighted by Gasteiger charge is -2.04. The van der Waals surface area contributed by atoms with Crippen LogP contribution in [0.2, 0.25) is 0 Å². The average molecular weight is 214 g/mol. The van der Waals surface area contributed by atoms with E-state index in [1.807, 2.05) is 6.07 Å². The minimum atomic E-state index is -0.362. The van der Waals surface area contributed by atoms with Crippen LogP contribution < -0.4 is 4.74 Å². The van der Waals surface area contributed by atoms with Crippen molar-refractivity contribution in [1.29, 1.82) is 5.26 Å². The number of aromatic nitrogens is 1. The first-order valence-electron chi connectivity index (χ1n) is 4.57. The molecule has 2 aromatic rings. The Hall–Kier alpha value is -2.41. The summed E-state index contributed by atoms with van der Waals surface area (Å²) in [5, 5.41) is 8.55. The van der Waals surface area contributed by atoms with Gasteiger partial charge in [-0.15, -0.1) is 0 Å². The van der Waals surface area contributed by atoms with E-state index in [1.165, 1.54) is 24.4 Å². The second-order valence-corrected chi connectivity index (χ2v) is 3.05. The van der Waals surface area contributed by atoms with Crippen molar-refractivity contribution < 1.29 is 9.13 Å². The van der Waals surface area contributed by atoms with Gasteiger partial charge in [0.1, 0.15) is 29.1 Å². The third-order valence-electron chi connectivity index (χ3n) is 1.88. The maximum absolute atomic E-state index is 12.8. The minimum absolute atomic E-state index is 0.312. The van der Waals surface area contributed by atoms with Crippen LogP contribution in [0.3, 0.4) is 0 Å². The van der Waals surface area contributed by atoms with Gasteiger partial charge in [-0.25, -0.2) is 9.37 Å². The molecule has 1 heterocycles. The fourth-order valence-corrected chi connectivity index (χ4v) is 1.17. The number of ether oxygens (including phenoxy) is 1. The topological polar surface area (TPSA) is 45.9 Å². The van der Waals surface area contributed by atoms with Crippen molar-refractivity contribution in [2.24, 2.45) is 0 Å². The van der Waals surface area contributed by atoms with Crippen LogP contribution in [0.1, 0.15) is 5.69 Å². The summed E-state index contributed by atoms with van der Waals surface area (Å²) in [6.07, 6.45) is 1.42. The fraction of sp³-hybridized carbons (Fsp3) is 0. The average Bonchev–Trinajstić information content (AvgIpc) is 2.30. The predicted octanol–water partition coefficient (Wildman–Crippen LogP) is 2.88. The van der Waals surface area contributed by atoms with Crippen molar-refractivity contribution in [3.05, 3.63) is 54.1 Å². The van der Waals surface area contributed by atoms with Crippen molar-refractivity contribution >= 4 is 0 Å². The lowest BCUT2D eigenvalue weighted by atomic mass is 10.3. The molecule has 0 saturated heterocycles. The third-order valence-corrected chi connectivity index (χ3v) is 1.88. The first-order valence-corrected chi connectivity index (χ1v) is 4.57. The molecule has 0 aliphatic rings. The summed E-state index contributed by atoms with van der Waals surface area (Å²) in [5.74, 6) is 0.496. The normalized spacial score (nSPS) is 9.50. The van der Waals surface area contributed by atoms with Gasteiger partial charge in [-0.1, -0.05) is 6.07 Å². The molecular formula is C12H7FN2O. The van der Waals surface area contributed by atoms with Gasteiger partial charge in [0, 0.05) is 6.07 Å². The molecule has 2 rings (SSSR count). The predicted molar refractivity (Wildman–Crippen MR) is 55.4 cm³/mol. The van der Waals surface area contributed by atoms with Crippen molar-refractivity contribution in [3.8, 4) is 17.6 Å². The number of halogens is 1. The Balaban J connectivity index is 2.18. The lowest BCUT2D eigenvalue weighted by Crippen LogP contribution is -1.87. The lowest BCUT2D eigenvalue weighted by molar-refractivity contribution is 0.474. The van der Waals surface area contributed by atoms with Crippen LogP contribution in [0, 0.1) is 17.1 Å². The molecule has 0 aliphatic carbocycles. The first-order chi connectivity index (χ1) is 7.78. The Bertz CT molecular complexity index is 531. The van der Waals surface area contributed by atoms with Gasteiger partial charge in [0.25, 0.3) is 0 Å². The zero-order valence-electron chi connectivity index (χ0n) is 8.22. The van der Waals surface area contributed by atoms with Gasteiger partial charge < -0.3 is 4.74 Å². The molecule has 0 bridgehead atoms. The Morgan fingerprint density at radius 3 is 2.69 bits per heavy atom. The fourth-order valence-electron chi connectivity index (χ4n) is 1.17. The van der Waals surface area contributed by atoms with Crippen molar-refractivity contribution in [2.45, 2.75) is 0 Å². The highest BCUT2D eigenvalue weighted by Gasteiger charge is 1.99. The van der Waals surface area contributed by atoms with Gasteiger partial charge in [0.05, 0.1) is 6.20 Å². The van der Waals surface area contributed by atoms with Gasteiger partial charge in [-0.2, -0.15) is 5.26 Å². The van der Waals surface area contributed by atoms with E-state index >= 15 is 0 Å². The molecule has 0 N–H and O–H groups in total. The highest BCUT2D eigenvalue weighted by molar-refractivity contribution is 5.32. The van der Waals surface area contributed by atoms with Gasteiger partial charge in [-0.05, 0) is 24.3 Å². The monoisotopic (exact) mass is 214 g/mol. The van der Waals surface area contributed by atoms with Gasteiger partial charge >= 0.3 is 0 Å². The zero-order valence-corrected chi connectivity index (χ0v) is 8.22. The quantitative estimate of drug-likeness (QED) is 0.772. The van der Waals surface area contributed by atoms with Crippen LogP contribution in [0.25, 0.3) is 0 Å². The summed E-state index contributed by atoms with van der Waals surface area (Å²) in [6, 6.07) is 10.9. The molecule has 0 atom stereocenters. The maximum Gasteiger partial charge on any atom is 0.145 e. The first kappa shape index (κ1) is 10.1. The number of hydrogen-bond acceptors (Lipinski definition) is 3. The summed E-state index contributed by atoms with van der Waals surface area (Å²) >= 11 is 0. The summed E-state index contributed by atoms with van der Waals surface area (Å²) in [4.78, 5) is 3.84. The molecule has 1 aromatic heterocycles. The molecule has 0 saturated carbocycles. The highest BCUT2D eigenvalue weighted by Crippen LogP contribution is 2.20. The second-order valence-electron chi connectivity index (χ2n) is 3.05. The minimum Gasteiger partial charge on any atom is -0.456 e. The Kier molecular flexibility index (Phi) is 2.79. The van der Waals surface area contributed by atoms with E-state index in [9.17, 15) is 4.39 Å². The largest absolute Gasteiger partial charge is 0.456 e. The molecule has 0 unspecified atom stereocenters. The maximum atomic E-state index is 12.8.